The number of benzene rings is 1. The summed E-state index contributed by atoms with van der Waals surface area (Å²) in [7, 11) is 1.63. The van der Waals surface area contributed by atoms with Crippen molar-refractivity contribution in [3.8, 4) is 5.75 Å². The molecule has 0 spiro atoms. The van der Waals surface area contributed by atoms with Gasteiger partial charge in [0, 0.05) is 13.0 Å². The Morgan fingerprint density at radius 2 is 2.32 bits per heavy atom. The van der Waals surface area contributed by atoms with Crippen LogP contribution >= 0.6 is 0 Å². The van der Waals surface area contributed by atoms with Crippen molar-refractivity contribution in [3.05, 3.63) is 29.8 Å². The summed E-state index contributed by atoms with van der Waals surface area (Å²) in [6, 6.07) is 7.68. The van der Waals surface area contributed by atoms with E-state index >= 15 is 0 Å². The Hall–Kier alpha value is -1.75. The van der Waals surface area contributed by atoms with Gasteiger partial charge in [-0.1, -0.05) is 12.1 Å². The van der Waals surface area contributed by atoms with Gasteiger partial charge in [-0.2, -0.15) is 0 Å². The average molecular weight is 264 g/mol. The third-order valence-electron chi connectivity index (χ3n) is 3.30. The number of nitrogens with zero attached hydrogens (tertiary/aromatic N) is 1. The predicted octanol–water partition coefficient (Wildman–Crippen LogP) is 1.75. The maximum absolute atomic E-state index is 11.9. The standard InChI is InChI=1S/C14H20N2O3/c1-14(6-7-15)10-16(13(17)19-14)9-11-4-3-5-12(8-11)18-2/h3-5,8H,6-7,9-10,15H2,1-2H3. The van der Waals surface area contributed by atoms with Crippen molar-refractivity contribution in [2.75, 3.05) is 20.2 Å². The smallest absolute Gasteiger partial charge is 0.410 e. The van der Waals surface area contributed by atoms with Gasteiger partial charge in [-0.05, 0) is 31.2 Å². The molecule has 1 aromatic carbocycles. The Morgan fingerprint density at radius 3 is 3.00 bits per heavy atom. The van der Waals surface area contributed by atoms with Crippen LogP contribution in [0.15, 0.2) is 24.3 Å². The Kier molecular flexibility index (Phi) is 3.95. The van der Waals surface area contributed by atoms with Gasteiger partial charge < -0.3 is 15.2 Å². The molecule has 5 nitrogen and oxygen atoms in total. The minimum atomic E-state index is -0.468. The van der Waals surface area contributed by atoms with Gasteiger partial charge in [0.25, 0.3) is 0 Å². The van der Waals surface area contributed by atoms with Crippen LogP contribution in [-0.2, 0) is 11.3 Å². The lowest BCUT2D eigenvalue weighted by atomic mass is 10.0. The molecule has 1 atom stereocenters. The van der Waals surface area contributed by atoms with Crippen LogP contribution in [0.4, 0.5) is 4.79 Å². The second kappa shape index (κ2) is 5.48. The Labute approximate surface area is 113 Å². The van der Waals surface area contributed by atoms with Crippen LogP contribution in [0.5, 0.6) is 5.75 Å². The van der Waals surface area contributed by atoms with E-state index < -0.39 is 5.60 Å². The molecule has 0 aliphatic carbocycles. The van der Waals surface area contributed by atoms with E-state index in [1.165, 1.54) is 0 Å². The number of rotatable bonds is 5. The summed E-state index contributed by atoms with van der Waals surface area (Å²) in [5, 5.41) is 0. The number of ether oxygens (including phenoxy) is 2. The molecule has 2 rings (SSSR count). The molecule has 0 radical (unpaired) electrons. The van der Waals surface area contributed by atoms with Crippen molar-refractivity contribution in [2.24, 2.45) is 5.73 Å². The van der Waals surface area contributed by atoms with Gasteiger partial charge in [0.15, 0.2) is 0 Å². The summed E-state index contributed by atoms with van der Waals surface area (Å²) in [6.07, 6.45) is 0.395. The third kappa shape index (κ3) is 3.17. The first kappa shape index (κ1) is 13.7. The number of cyclic esters (lactones) is 1. The zero-order valence-electron chi connectivity index (χ0n) is 11.4. The van der Waals surface area contributed by atoms with E-state index in [2.05, 4.69) is 0 Å². The predicted molar refractivity (Wildman–Crippen MR) is 72.0 cm³/mol. The van der Waals surface area contributed by atoms with Crippen molar-refractivity contribution in [2.45, 2.75) is 25.5 Å². The van der Waals surface area contributed by atoms with Gasteiger partial charge in [0.05, 0.1) is 13.7 Å². The quantitative estimate of drug-likeness (QED) is 0.880. The van der Waals surface area contributed by atoms with Gasteiger partial charge in [-0.15, -0.1) is 0 Å². The van der Waals surface area contributed by atoms with E-state index in [0.717, 1.165) is 11.3 Å². The topological polar surface area (TPSA) is 64.8 Å². The minimum absolute atomic E-state index is 0.279. The molecule has 0 bridgehead atoms. The van der Waals surface area contributed by atoms with Gasteiger partial charge >= 0.3 is 6.09 Å². The van der Waals surface area contributed by atoms with E-state index in [1.807, 2.05) is 31.2 Å². The Bertz CT molecular complexity index is 464. The summed E-state index contributed by atoms with van der Waals surface area (Å²) in [5.41, 5.74) is 6.10. The third-order valence-corrected chi connectivity index (χ3v) is 3.30. The normalized spacial score (nSPS) is 22.5. The van der Waals surface area contributed by atoms with Gasteiger partial charge in [-0.3, -0.25) is 4.90 Å². The fraction of sp³-hybridized carbons (Fsp3) is 0.500. The summed E-state index contributed by atoms with van der Waals surface area (Å²) in [4.78, 5) is 13.6. The highest BCUT2D eigenvalue weighted by molar-refractivity contribution is 5.70. The molecule has 1 heterocycles. The average Bonchev–Trinajstić information content (AvgIpc) is 2.65. The molecule has 1 unspecified atom stereocenters. The van der Waals surface area contributed by atoms with Crippen LogP contribution in [0, 0.1) is 0 Å². The molecule has 104 valence electrons. The number of carbonyl (C=O) groups is 1. The molecule has 0 saturated carbocycles. The van der Waals surface area contributed by atoms with Crippen LogP contribution in [0.25, 0.3) is 0 Å². The van der Waals surface area contributed by atoms with Crippen LogP contribution in [-0.4, -0.2) is 36.8 Å². The number of amides is 1. The largest absolute Gasteiger partial charge is 0.497 e. The van der Waals surface area contributed by atoms with Crippen molar-refractivity contribution in [3.63, 3.8) is 0 Å². The second-order valence-electron chi connectivity index (χ2n) is 5.06. The first-order valence-electron chi connectivity index (χ1n) is 6.37. The van der Waals surface area contributed by atoms with Crippen LogP contribution in [0.1, 0.15) is 18.9 Å². The number of hydrogen-bond acceptors (Lipinski definition) is 4. The van der Waals surface area contributed by atoms with Gasteiger partial charge in [0.2, 0.25) is 0 Å². The summed E-state index contributed by atoms with van der Waals surface area (Å²) in [6.45, 7) is 3.52. The molecular formula is C14H20N2O3. The lowest BCUT2D eigenvalue weighted by molar-refractivity contribution is 0.0669. The fourth-order valence-electron chi connectivity index (χ4n) is 2.32. The highest BCUT2D eigenvalue weighted by Gasteiger charge is 2.40. The number of carbonyl (C=O) groups excluding carboxylic acids is 1. The molecule has 0 aromatic heterocycles. The molecule has 1 fully saturated rings. The summed E-state index contributed by atoms with van der Waals surface area (Å²) in [5.74, 6) is 0.787. The first-order chi connectivity index (χ1) is 9.06. The highest BCUT2D eigenvalue weighted by Crippen LogP contribution is 2.27. The fourth-order valence-corrected chi connectivity index (χ4v) is 2.32. The minimum Gasteiger partial charge on any atom is -0.497 e. The van der Waals surface area contributed by atoms with E-state index in [4.69, 9.17) is 15.2 Å². The maximum atomic E-state index is 11.9. The van der Waals surface area contributed by atoms with Crippen molar-refractivity contribution in [1.29, 1.82) is 0 Å². The zero-order chi connectivity index (χ0) is 13.9. The molecule has 19 heavy (non-hydrogen) atoms. The second-order valence-corrected chi connectivity index (χ2v) is 5.06. The van der Waals surface area contributed by atoms with Gasteiger partial charge in [0.1, 0.15) is 11.4 Å². The highest BCUT2D eigenvalue weighted by atomic mass is 16.6. The van der Waals surface area contributed by atoms with Crippen LogP contribution < -0.4 is 10.5 Å². The van der Waals surface area contributed by atoms with Gasteiger partial charge in [-0.25, -0.2) is 4.79 Å². The Morgan fingerprint density at radius 1 is 1.53 bits per heavy atom. The number of nitrogens with two attached hydrogens (primary N) is 1. The molecule has 1 aliphatic heterocycles. The van der Waals surface area contributed by atoms with Crippen molar-refractivity contribution in [1.82, 2.24) is 4.90 Å². The lowest BCUT2D eigenvalue weighted by Gasteiger charge is -2.20. The van der Waals surface area contributed by atoms with E-state index in [0.29, 0.717) is 26.1 Å². The van der Waals surface area contributed by atoms with E-state index in [1.54, 1.807) is 12.0 Å². The van der Waals surface area contributed by atoms with E-state index in [9.17, 15) is 4.79 Å². The summed E-state index contributed by atoms with van der Waals surface area (Å²) < 4.78 is 10.6. The van der Waals surface area contributed by atoms with Crippen molar-refractivity contribution >= 4 is 6.09 Å². The Balaban J connectivity index is 2.05. The molecule has 1 aromatic rings. The molecule has 1 amide bonds. The monoisotopic (exact) mass is 264 g/mol. The number of methoxy groups -OCH3 is 1. The van der Waals surface area contributed by atoms with Crippen LogP contribution in [0.3, 0.4) is 0 Å². The molecule has 1 aliphatic rings. The maximum Gasteiger partial charge on any atom is 0.410 e. The molecular weight excluding hydrogens is 244 g/mol. The lowest BCUT2D eigenvalue weighted by Crippen LogP contribution is -2.33. The summed E-state index contributed by atoms with van der Waals surface area (Å²) >= 11 is 0. The van der Waals surface area contributed by atoms with Crippen molar-refractivity contribution < 1.29 is 14.3 Å². The SMILES string of the molecule is COc1cccc(CN2CC(C)(CCN)OC2=O)c1. The zero-order valence-corrected chi connectivity index (χ0v) is 11.4. The first-order valence-corrected chi connectivity index (χ1v) is 6.37. The number of hydrogen-bond donors (Lipinski definition) is 1. The van der Waals surface area contributed by atoms with E-state index in [-0.39, 0.29) is 6.09 Å². The molecule has 2 N–H and O–H groups in total. The molecule has 5 heteroatoms. The van der Waals surface area contributed by atoms with Crippen LogP contribution in [0.2, 0.25) is 0 Å². The molecule has 1 saturated heterocycles.